The van der Waals surface area contributed by atoms with Crippen LogP contribution in [-0.2, 0) is 21.8 Å². The van der Waals surface area contributed by atoms with E-state index in [9.17, 15) is 8.42 Å². The number of rotatable bonds is 3. The first-order valence-electron chi connectivity index (χ1n) is 7.32. The highest BCUT2D eigenvalue weighted by Gasteiger charge is 2.33. The number of benzene rings is 1. The third-order valence-corrected chi connectivity index (χ3v) is 6.35. The molecule has 1 aromatic carbocycles. The molecular formula is C15H21N3O3S. The van der Waals surface area contributed by atoms with Gasteiger partial charge in [-0.05, 0) is 13.0 Å². The van der Waals surface area contributed by atoms with Crippen molar-refractivity contribution in [2.75, 3.05) is 26.2 Å². The molecule has 1 unspecified atom stereocenters. The minimum atomic E-state index is -3.56. The van der Waals surface area contributed by atoms with Crippen LogP contribution in [0.15, 0.2) is 29.2 Å². The van der Waals surface area contributed by atoms with Crippen LogP contribution in [0.3, 0.4) is 0 Å². The number of ether oxygens (including phenoxy) is 1. The molecule has 3 rings (SSSR count). The molecule has 22 heavy (non-hydrogen) atoms. The Morgan fingerprint density at radius 1 is 1.36 bits per heavy atom. The van der Waals surface area contributed by atoms with Crippen molar-refractivity contribution >= 4 is 20.9 Å². The highest BCUT2D eigenvalue weighted by Crippen LogP contribution is 2.31. The van der Waals surface area contributed by atoms with E-state index in [0.29, 0.717) is 31.1 Å². The first-order valence-corrected chi connectivity index (χ1v) is 8.76. The van der Waals surface area contributed by atoms with E-state index < -0.39 is 10.0 Å². The summed E-state index contributed by atoms with van der Waals surface area (Å²) >= 11 is 0. The van der Waals surface area contributed by atoms with Gasteiger partial charge in [0, 0.05) is 43.3 Å². The van der Waals surface area contributed by atoms with Crippen LogP contribution in [0.4, 0.5) is 0 Å². The number of aromatic nitrogens is 1. The summed E-state index contributed by atoms with van der Waals surface area (Å²) in [7, 11) is -1.68. The summed E-state index contributed by atoms with van der Waals surface area (Å²) in [5, 5.41) is 0.762. The van der Waals surface area contributed by atoms with Gasteiger partial charge in [0.25, 0.3) is 0 Å². The number of nitrogens with two attached hydrogens (primary N) is 1. The molecule has 0 radical (unpaired) electrons. The van der Waals surface area contributed by atoms with Crippen molar-refractivity contribution in [3.8, 4) is 0 Å². The Bertz CT molecular complexity index is 798. The van der Waals surface area contributed by atoms with Gasteiger partial charge in [-0.1, -0.05) is 18.2 Å². The van der Waals surface area contributed by atoms with Gasteiger partial charge in [0.2, 0.25) is 10.0 Å². The lowest BCUT2D eigenvalue weighted by Crippen LogP contribution is -2.48. The van der Waals surface area contributed by atoms with E-state index in [1.165, 1.54) is 4.31 Å². The molecule has 120 valence electrons. The van der Waals surface area contributed by atoms with E-state index in [0.717, 1.165) is 16.6 Å². The molecule has 1 aliphatic heterocycles. The molecule has 1 aromatic heterocycles. The number of nitrogens with zero attached hydrogens (tertiary/aromatic N) is 2. The average Bonchev–Trinajstić information content (AvgIpc) is 2.80. The van der Waals surface area contributed by atoms with Crippen LogP contribution in [0.2, 0.25) is 0 Å². The normalized spacial score (nSPS) is 20.6. The number of para-hydroxylation sites is 1. The third kappa shape index (κ3) is 2.34. The molecule has 0 amide bonds. The number of fused-ring (bicyclic) bond motifs is 1. The number of sulfonamides is 1. The highest BCUT2D eigenvalue weighted by atomic mass is 32.2. The molecule has 1 atom stereocenters. The lowest BCUT2D eigenvalue weighted by Gasteiger charge is -2.31. The summed E-state index contributed by atoms with van der Waals surface area (Å²) in [5.41, 5.74) is 7.29. The lowest BCUT2D eigenvalue weighted by molar-refractivity contribution is 0.00451. The van der Waals surface area contributed by atoms with Gasteiger partial charge in [0.15, 0.2) is 0 Å². The van der Waals surface area contributed by atoms with Gasteiger partial charge in [-0.15, -0.1) is 0 Å². The van der Waals surface area contributed by atoms with E-state index in [4.69, 9.17) is 10.5 Å². The van der Waals surface area contributed by atoms with Crippen molar-refractivity contribution in [3.05, 3.63) is 30.0 Å². The zero-order valence-corrected chi connectivity index (χ0v) is 13.6. The Balaban J connectivity index is 2.12. The van der Waals surface area contributed by atoms with E-state index in [2.05, 4.69) is 0 Å². The Hall–Kier alpha value is -1.41. The smallest absolute Gasteiger partial charge is 0.245 e. The van der Waals surface area contributed by atoms with Crippen LogP contribution in [0.25, 0.3) is 10.9 Å². The maximum absolute atomic E-state index is 13.1. The fourth-order valence-corrected chi connectivity index (χ4v) is 4.89. The van der Waals surface area contributed by atoms with Crippen LogP contribution >= 0.6 is 0 Å². The molecule has 2 heterocycles. The van der Waals surface area contributed by atoms with E-state index >= 15 is 0 Å². The second-order valence-electron chi connectivity index (χ2n) is 5.58. The van der Waals surface area contributed by atoms with Crippen molar-refractivity contribution in [2.45, 2.75) is 17.9 Å². The predicted octanol–water partition coefficient (Wildman–Crippen LogP) is 0.835. The summed E-state index contributed by atoms with van der Waals surface area (Å²) in [6, 6.07) is 7.57. The van der Waals surface area contributed by atoms with Gasteiger partial charge in [-0.25, -0.2) is 8.42 Å². The third-order valence-electron chi connectivity index (χ3n) is 4.30. The van der Waals surface area contributed by atoms with Crippen molar-refractivity contribution in [3.63, 3.8) is 0 Å². The van der Waals surface area contributed by atoms with Crippen molar-refractivity contribution < 1.29 is 13.2 Å². The fraction of sp³-hybridized carbons (Fsp3) is 0.467. The summed E-state index contributed by atoms with van der Waals surface area (Å²) in [6.45, 7) is 3.21. The van der Waals surface area contributed by atoms with E-state index in [1.807, 2.05) is 42.8 Å². The molecule has 0 spiro atoms. The minimum absolute atomic E-state index is 0.237. The van der Waals surface area contributed by atoms with Crippen LogP contribution in [-0.4, -0.2) is 49.6 Å². The molecule has 2 N–H and O–H groups in total. The quantitative estimate of drug-likeness (QED) is 0.908. The maximum atomic E-state index is 13.1. The SMILES string of the molecule is Cc1c(S(=O)(=O)N2CCOC(CN)C2)c2ccccc2n1C. The number of hydrogen-bond acceptors (Lipinski definition) is 4. The minimum Gasteiger partial charge on any atom is -0.374 e. The van der Waals surface area contributed by atoms with Crippen molar-refractivity contribution in [1.29, 1.82) is 0 Å². The molecular weight excluding hydrogens is 302 g/mol. The second kappa shape index (κ2) is 5.66. The molecule has 0 saturated carbocycles. The summed E-state index contributed by atoms with van der Waals surface area (Å²) < 4.78 is 35.1. The monoisotopic (exact) mass is 323 g/mol. The highest BCUT2D eigenvalue weighted by molar-refractivity contribution is 7.89. The molecule has 6 nitrogen and oxygen atoms in total. The average molecular weight is 323 g/mol. The van der Waals surface area contributed by atoms with Gasteiger partial charge >= 0.3 is 0 Å². The zero-order chi connectivity index (χ0) is 15.9. The number of hydrogen-bond donors (Lipinski definition) is 1. The van der Waals surface area contributed by atoms with Crippen molar-refractivity contribution in [2.24, 2.45) is 12.8 Å². The second-order valence-corrected chi connectivity index (χ2v) is 7.46. The van der Waals surface area contributed by atoms with Crippen LogP contribution in [0.1, 0.15) is 5.69 Å². The van der Waals surface area contributed by atoms with Crippen LogP contribution in [0, 0.1) is 6.92 Å². The summed E-state index contributed by atoms with van der Waals surface area (Å²) in [4.78, 5) is 0.392. The molecule has 2 aromatic rings. The topological polar surface area (TPSA) is 77.6 Å². The summed E-state index contributed by atoms with van der Waals surface area (Å²) in [5.74, 6) is 0. The van der Waals surface area contributed by atoms with Crippen LogP contribution < -0.4 is 5.73 Å². The van der Waals surface area contributed by atoms with E-state index in [-0.39, 0.29) is 6.10 Å². The molecule has 0 aliphatic carbocycles. The number of morpholine rings is 1. The number of aryl methyl sites for hydroxylation is 1. The molecule has 7 heteroatoms. The molecule has 1 fully saturated rings. The van der Waals surface area contributed by atoms with Gasteiger partial charge in [0.1, 0.15) is 4.90 Å². The Kier molecular flexibility index (Phi) is 3.98. The zero-order valence-electron chi connectivity index (χ0n) is 12.8. The molecule has 0 bridgehead atoms. The first kappa shape index (κ1) is 15.5. The molecule has 1 saturated heterocycles. The van der Waals surface area contributed by atoms with Crippen molar-refractivity contribution in [1.82, 2.24) is 8.87 Å². The Morgan fingerprint density at radius 3 is 2.82 bits per heavy atom. The standard InChI is InChI=1S/C15H21N3O3S/c1-11-15(13-5-3-4-6-14(13)17(11)2)22(19,20)18-7-8-21-12(9-16)10-18/h3-6,12H,7-10,16H2,1-2H3. The first-order chi connectivity index (χ1) is 10.5. The predicted molar refractivity (Wildman–Crippen MR) is 85.2 cm³/mol. The Labute approximate surface area is 130 Å². The van der Waals surface area contributed by atoms with E-state index in [1.54, 1.807) is 0 Å². The van der Waals surface area contributed by atoms with Gasteiger partial charge < -0.3 is 15.0 Å². The van der Waals surface area contributed by atoms with Crippen LogP contribution in [0.5, 0.6) is 0 Å². The largest absolute Gasteiger partial charge is 0.374 e. The Morgan fingerprint density at radius 2 is 2.09 bits per heavy atom. The maximum Gasteiger partial charge on any atom is 0.245 e. The summed E-state index contributed by atoms with van der Waals surface area (Å²) in [6.07, 6.45) is -0.237. The van der Waals surface area contributed by atoms with Gasteiger partial charge in [-0.3, -0.25) is 0 Å². The van der Waals surface area contributed by atoms with Gasteiger partial charge in [0.05, 0.1) is 12.7 Å². The fourth-order valence-electron chi connectivity index (χ4n) is 2.99. The lowest BCUT2D eigenvalue weighted by atomic mass is 10.2. The molecule has 1 aliphatic rings. The van der Waals surface area contributed by atoms with Gasteiger partial charge in [-0.2, -0.15) is 4.31 Å².